The summed E-state index contributed by atoms with van der Waals surface area (Å²) >= 11 is 3.31. The first-order chi connectivity index (χ1) is 8.13. The van der Waals surface area contributed by atoms with Gasteiger partial charge in [-0.3, -0.25) is 0 Å². The maximum Gasteiger partial charge on any atom is 0.181 e. The van der Waals surface area contributed by atoms with E-state index in [4.69, 9.17) is 0 Å². The van der Waals surface area contributed by atoms with E-state index in [9.17, 15) is 13.5 Å². The van der Waals surface area contributed by atoms with Crippen molar-refractivity contribution in [1.82, 2.24) is 0 Å². The molecule has 1 N–H and O–H groups in total. The van der Waals surface area contributed by atoms with Crippen LogP contribution < -0.4 is 0 Å². The normalized spacial score (nSPS) is 13.1. The molecule has 0 saturated carbocycles. The molecule has 1 aromatic carbocycles. The lowest BCUT2D eigenvalue weighted by Crippen LogP contribution is -2.22. The molecule has 0 aliphatic carbocycles. The zero-order valence-corrected chi connectivity index (χ0v) is 13.5. The summed E-state index contributed by atoms with van der Waals surface area (Å²) in [5.74, 6) is 0. The van der Waals surface area contributed by atoms with Gasteiger partial charge in [-0.25, -0.2) is 8.42 Å². The highest BCUT2D eigenvalue weighted by Crippen LogP contribution is 2.31. The number of sulfone groups is 1. The molecular weight excluding hydrogens is 316 g/mol. The lowest BCUT2D eigenvalue weighted by molar-refractivity contribution is 0.218. The Hall–Kier alpha value is -0.390. The van der Waals surface area contributed by atoms with Gasteiger partial charge in [-0.1, -0.05) is 19.9 Å². The highest BCUT2D eigenvalue weighted by molar-refractivity contribution is 9.10. The van der Waals surface area contributed by atoms with Crippen LogP contribution in [0.25, 0.3) is 0 Å². The van der Waals surface area contributed by atoms with Crippen LogP contribution in [0.5, 0.6) is 0 Å². The van der Waals surface area contributed by atoms with Crippen molar-refractivity contribution in [3.63, 3.8) is 0 Å². The lowest BCUT2D eigenvalue weighted by Gasteiger charge is -2.23. The Bertz CT molecular complexity index is 533. The van der Waals surface area contributed by atoms with Crippen LogP contribution >= 0.6 is 15.9 Å². The Morgan fingerprint density at radius 1 is 1.33 bits per heavy atom. The van der Waals surface area contributed by atoms with Crippen LogP contribution in [-0.4, -0.2) is 25.4 Å². The van der Waals surface area contributed by atoms with Gasteiger partial charge in [0.05, 0.1) is 16.8 Å². The predicted octanol–water partition coefficient (Wildman–Crippen LogP) is 2.90. The molecule has 0 aliphatic rings. The largest absolute Gasteiger partial charge is 0.395 e. The van der Waals surface area contributed by atoms with E-state index in [0.717, 1.165) is 5.56 Å². The van der Waals surface area contributed by atoms with Crippen molar-refractivity contribution in [3.8, 4) is 0 Å². The fourth-order valence-corrected chi connectivity index (χ4v) is 3.65. The molecule has 5 heteroatoms. The summed E-state index contributed by atoms with van der Waals surface area (Å²) in [5.41, 5.74) is 0.516. The van der Waals surface area contributed by atoms with Crippen molar-refractivity contribution in [1.29, 1.82) is 0 Å². The molecule has 0 heterocycles. The third-order valence-corrected chi connectivity index (χ3v) is 6.16. The Balaban J connectivity index is 3.33. The standard InChI is InChI=1S/C13H19BrO3S/c1-9(2)18(16,17)12-6-5-10(7-11(12)14)13(3,4)8-15/h5-7,9,15H,8H2,1-4H3. The van der Waals surface area contributed by atoms with Crippen LogP contribution in [0.4, 0.5) is 0 Å². The first-order valence-corrected chi connectivity index (χ1v) is 8.11. The van der Waals surface area contributed by atoms with Crippen LogP contribution in [0, 0.1) is 0 Å². The van der Waals surface area contributed by atoms with Gasteiger partial charge in [0, 0.05) is 9.89 Å². The molecule has 0 radical (unpaired) electrons. The van der Waals surface area contributed by atoms with Gasteiger partial charge in [-0.2, -0.15) is 0 Å². The highest BCUT2D eigenvalue weighted by Gasteiger charge is 2.25. The number of benzene rings is 1. The molecule has 0 atom stereocenters. The fraction of sp³-hybridized carbons (Fsp3) is 0.538. The number of hydrogen-bond acceptors (Lipinski definition) is 3. The fourth-order valence-electron chi connectivity index (χ4n) is 1.50. The number of aliphatic hydroxyl groups excluding tert-OH is 1. The van der Waals surface area contributed by atoms with E-state index in [1.54, 1.807) is 32.0 Å². The quantitative estimate of drug-likeness (QED) is 0.920. The molecule has 1 rings (SSSR count). The average Bonchev–Trinajstić information content (AvgIpc) is 2.28. The molecule has 0 unspecified atom stereocenters. The Labute approximate surface area is 117 Å². The van der Waals surface area contributed by atoms with E-state index in [0.29, 0.717) is 9.37 Å². The molecule has 102 valence electrons. The average molecular weight is 335 g/mol. The van der Waals surface area contributed by atoms with E-state index in [-0.39, 0.29) is 12.0 Å². The molecule has 0 aliphatic heterocycles. The number of rotatable bonds is 4. The molecule has 0 amide bonds. The van der Waals surface area contributed by atoms with Gasteiger partial charge in [-0.15, -0.1) is 0 Å². The second-order valence-electron chi connectivity index (χ2n) is 5.28. The SMILES string of the molecule is CC(C)S(=O)(=O)c1ccc(C(C)(C)CO)cc1Br. The summed E-state index contributed by atoms with van der Waals surface area (Å²) in [4.78, 5) is 0.301. The molecular formula is C13H19BrO3S. The molecule has 0 saturated heterocycles. The van der Waals surface area contributed by atoms with Gasteiger partial charge < -0.3 is 5.11 Å². The molecule has 18 heavy (non-hydrogen) atoms. The summed E-state index contributed by atoms with van der Waals surface area (Å²) in [6, 6.07) is 5.13. The molecule has 0 spiro atoms. The summed E-state index contributed by atoms with van der Waals surface area (Å²) < 4.78 is 24.8. The highest BCUT2D eigenvalue weighted by atomic mass is 79.9. The van der Waals surface area contributed by atoms with Crippen LogP contribution in [0.3, 0.4) is 0 Å². The van der Waals surface area contributed by atoms with Crippen LogP contribution in [0.1, 0.15) is 33.3 Å². The van der Waals surface area contributed by atoms with Crippen molar-refractivity contribution in [2.24, 2.45) is 0 Å². The Kier molecular flexibility index (Phi) is 4.62. The van der Waals surface area contributed by atoms with Crippen molar-refractivity contribution in [2.45, 2.75) is 43.3 Å². The van der Waals surface area contributed by atoms with E-state index in [1.165, 1.54) is 0 Å². The minimum absolute atomic E-state index is 0.00964. The Morgan fingerprint density at radius 2 is 1.89 bits per heavy atom. The third-order valence-electron chi connectivity index (χ3n) is 3.04. The predicted molar refractivity (Wildman–Crippen MR) is 76.6 cm³/mol. The number of aliphatic hydroxyl groups is 1. The molecule has 0 aromatic heterocycles. The number of hydrogen-bond donors (Lipinski definition) is 1. The van der Waals surface area contributed by atoms with Crippen molar-refractivity contribution in [2.75, 3.05) is 6.61 Å². The van der Waals surface area contributed by atoms with Crippen LogP contribution in [0.2, 0.25) is 0 Å². The van der Waals surface area contributed by atoms with Crippen LogP contribution in [0.15, 0.2) is 27.6 Å². The van der Waals surface area contributed by atoms with E-state index < -0.39 is 15.1 Å². The van der Waals surface area contributed by atoms with Crippen molar-refractivity contribution in [3.05, 3.63) is 28.2 Å². The molecule has 3 nitrogen and oxygen atoms in total. The molecule has 0 fully saturated rings. The van der Waals surface area contributed by atoms with Gasteiger partial charge in [0.1, 0.15) is 0 Å². The first kappa shape index (κ1) is 15.7. The zero-order valence-electron chi connectivity index (χ0n) is 11.1. The van der Waals surface area contributed by atoms with Gasteiger partial charge in [0.25, 0.3) is 0 Å². The van der Waals surface area contributed by atoms with Gasteiger partial charge >= 0.3 is 0 Å². The number of halogens is 1. The van der Waals surface area contributed by atoms with Crippen molar-refractivity contribution < 1.29 is 13.5 Å². The van der Waals surface area contributed by atoms with Gasteiger partial charge in [-0.05, 0) is 47.5 Å². The van der Waals surface area contributed by atoms with E-state index >= 15 is 0 Å². The zero-order chi connectivity index (χ0) is 14.1. The summed E-state index contributed by atoms with van der Waals surface area (Å²) in [7, 11) is -3.29. The Morgan fingerprint density at radius 3 is 2.28 bits per heavy atom. The maximum absolute atomic E-state index is 12.1. The monoisotopic (exact) mass is 334 g/mol. The third kappa shape index (κ3) is 2.95. The lowest BCUT2D eigenvalue weighted by atomic mass is 9.86. The van der Waals surface area contributed by atoms with E-state index in [1.807, 2.05) is 13.8 Å². The smallest absolute Gasteiger partial charge is 0.181 e. The first-order valence-electron chi connectivity index (χ1n) is 5.77. The van der Waals surface area contributed by atoms with E-state index in [2.05, 4.69) is 15.9 Å². The summed E-state index contributed by atoms with van der Waals surface area (Å²) in [6.07, 6.45) is 0. The van der Waals surface area contributed by atoms with Gasteiger partial charge in [0.15, 0.2) is 9.84 Å². The second kappa shape index (κ2) is 5.31. The van der Waals surface area contributed by atoms with Crippen molar-refractivity contribution >= 4 is 25.8 Å². The minimum atomic E-state index is -3.29. The second-order valence-corrected chi connectivity index (χ2v) is 8.61. The summed E-state index contributed by atoms with van der Waals surface area (Å²) in [6.45, 7) is 7.15. The maximum atomic E-state index is 12.1. The minimum Gasteiger partial charge on any atom is -0.395 e. The summed E-state index contributed by atoms with van der Waals surface area (Å²) in [5, 5.41) is 8.87. The van der Waals surface area contributed by atoms with Crippen LogP contribution in [-0.2, 0) is 15.3 Å². The molecule has 1 aromatic rings. The molecule has 0 bridgehead atoms. The van der Waals surface area contributed by atoms with Gasteiger partial charge in [0.2, 0.25) is 0 Å². The topological polar surface area (TPSA) is 54.4 Å².